The van der Waals surface area contributed by atoms with E-state index >= 15 is 0 Å². The van der Waals surface area contributed by atoms with Gasteiger partial charge in [-0.2, -0.15) is 0 Å². The number of rotatable bonds is 5. The predicted octanol–water partition coefficient (Wildman–Crippen LogP) is 2.74. The second kappa shape index (κ2) is 6.09. The molecule has 0 aliphatic rings. The standard InChI is InChI=1S/C14H19NO2/c1-4-8-15(9-5-2)14(17)13-7-6-12(16)10-11(13)3/h4,6-7,10,16H,1,5,8-9H2,2-3H3. The van der Waals surface area contributed by atoms with E-state index in [-0.39, 0.29) is 11.7 Å². The number of phenolic OH excluding ortho intramolecular Hbond substituents is 1. The summed E-state index contributed by atoms with van der Waals surface area (Å²) in [5, 5.41) is 9.32. The van der Waals surface area contributed by atoms with Crippen molar-refractivity contribution in [2.75, 3.05) is 13.1 Å². The average Bonchev–Trinajstić information content (AvgIpc) is 2.28. The molecule has 0 saturated heterocycles. The van der Waals surface area contributed by atoms with Crippen molar-refractivity contribution in [3.63, 3.8) is 0 Å². The summed E-state index contributed by atoms with van der Waals surface area (Å²) in [4.78, 5) is 14.0. The number of hydrogen-bond acceptors (Lipinski definition) is 2. The molecule has 1 rings (SSSR count). The van der Waals surface area contributed by atoms with E-state index in [4.69, 9.17) is 0 Å². The number of aryl methyl sites for hydroxylation is 1. The van der Waals surface area contributed by atoms with Gasteiger partial charge >= 0.3 is 0 Å². The van der Waals surface area contributed by atoms with E-state index < -0.39 is 0 Å². The summed E-state index contributed by atoms with van der Waals surface area (Å²) < 4.78 is 0. The summed E-state index contributed by atoms with van der Waals surface area (Å²) in [5.74, 6) is 0.175. The molecular formula is C14H19NO2. The maximum Gasteiger partial charge on any atom is 0.254 e. The van der Waals surface area contributed by atoms with Gasteiger partial charge in [0.1, 0.15) is 5.75 Å². The van der Waals surface area contributed by atoms with Crippen LogP contribution in [0.5, 0.6) is 5.75 Å². The number of hydrogen-bond donors (Lipinski definition) is 1. The topological polar surface area (TPSA) is 40.5 Å². The summed E-state index contributed by atoms with van der Waals surface area (Å²) in [5.41, 5.74) is 1.43. The van der Waals surface area contributed by atoms with Gasteiger partial charge in [0.2, 0.25) is 0 Å². The molecule has 0 radical (unpaired) electrons. The molecule has 0 saturated carbocycles. The molecule has 1 aromatic carbocycles. The van der Waals surface area contributed by atoms with E-state index in [1.807, 2.05) is 13.8 Å². The van der Waals surface area contributed by atoms with Crippen LogP contribution in [0.4, 0.5) is 0 Å². The fraction of sp³-hybridized carbons (Fsp3) is 0.357. The Labute approximate surface area is 102 Å². The molecule has 0 atom stereocenters. The van der Waals surface area contributed by atoms with Crippen LogP contribution < -0.4 is 0 Å². The minimum Gasteiger partial charge on any atom is -0.508 e. The predicted molar refractivity (Wildman–Crippen MR) is 69.2 cm³/mol. The van der Waals surface area contributed by atoms with Gasteiger partial charge in [0.15, 0.2) is 0 Å². The fourth-order valence-corrected chi connectivity index (χ4v) is 1.76. The molecule has 0 aliphatic heterocycles. The van der Waals surface area contributed by atoms with Gasteiger partial charge in [-0.15, -0.1) is 6.58 Å². The van der Waals surface area contributed by atoms with Crippen molar-refractivity contribution in [3.8, 4) is 5.75 Å². The van der Waals surface area contributed by atoms with Gasteiger partial charge in [-0.1, -0.05) is 13.0 Å². The maximum atomic E-state index is 12.3. The first-order valence-electron chi connectivity index (χ1n) is 5.80. The van der Waals surface area contributed by atoms with E-state index in [0.717, 1.165) is 12.0 Å². The lowest BCUT2D eigenvalue weighted by molar-refractivity contribution is 0.0773. The van der Waals surface area contributed by atoms with Gasteiger partial charge < -0.3 is 10.0 Å². The van der Waals surface area contributed by atoms with Crippen molar-refractivity contribution < 1.29 is 9.90 Å². The first-order chi connectivity index (χ1) is 8.10. The van der Waals surface area contributed by atoms with Crippen molar-refractivity contribution in [2.45, 2.75) is 20.3 Å². The fourth-order valence-electron chi connectivity index (χ4n) is 1.76. The Morgan fingerprint density at radius 3 is 2.76 bits per heavy atom. The van der Waals surface area contributed by atoms with Crippen LogP contribution in [0.15, 0.2) is 30.9 Å². The van der Waals surface area contributed by atoms with Crippen molar-refractivity contribution in [1.29, 1.82) is 0 Å². The molecule has 0 heterocycles. The van der Waals surface area contributed by atoms with Crippen LogP contribution in [0.1, 0.15) is 29.3 Å². The minimum absolute atomic E-state index is 0.00995. The lowest BCUT2D eigenvalue weighted by Gasteiger charge is -2.21. The van der Waals surface area contributed by atoms with Crippen LogP contribution in [0.25, 0.3) is 0 Å². The summed E-state index contributed by atoms with van der Waals surface area (Å²) in [6.07, 6.45) is 2.64. The Bertz CT molecular complexity index is 413. The van der Waals surface area contributed by atoms with Gasteiger partial charge in [0.05, 0.1) is 0 Å². The molecule has 3 nitrogen and oxygen atoms in total. The number of aromatic hydroxyl groups is 1. The third-order valence-electron chi connectivity index (χ3n) is 2.57. The summed E-state index contributed by atoms with van der Waals surface area (Å²) >= 11 is 0. The minimum atomic E-state index is -0.00995. The zero-order valence-corrected chi connectivity index (χ0v) is 10.4. The van der Waals surface area contributed by atoms with E-state index in [9.17, 15) is 9.90 Å². The SMILES string of the molecule is C=CCN(CCC)C(=O)c1ccc(O)cc1C. The third kappa shape index (κ3) is 3.34. The van der Waals surface area contributed by atoms with Crippen molar-refractivity contribution >= 4 is 5.91 Å². The average molecular weight is 233 g/mol. The normalized spacial score (nSPS) is 10.0. The third-order valence-corrected chi connectivity index (χ3v) is 2.57. The summed E-state index contributed by atoms with van der Waals surface area (Å²) in [6, 6.07) is 4.81. The van der Waals surface area contributed by atoms with E-state index in [0.29, 0.717) is 18.7 Å². The van der Waals surface area contributed by atoms with Gasteiger partial charge in [-0.05, 0) is 37.1 Å². The quantitative estimate of drug-likeness (QED) is 0.794. The highest BCUT2D eigenvalue weighted by molar-refractivity contribution is 5.95. The molecule has 0 aliphatic carbocycles. The zero-order valence-electron chi connectivity index (χ0n) is 10.4. The van der Waals surface area contributed by atoms with Crippen LogP contribution in [0.2, 0.25) is 0 Å². The van der Waals surface area contributed by atoms with Crippen LogP contribution in [0.3, 0.4) is 0 Å². The van der Waals surface area contributed by atoms with E-state index in [2.05, 4.69) is 6.58 Å². The smallest absolute Gasteiger partial charge is 0.254 e. The van der Waals surface area contributed by atoms with E-state index in [1.54, 1.807) is 23.1 Å². The number of phenols is 1. The number of benzene rings is 1. The molecule has 0 unspecified atom stereocenters. The molecule has 92 valence electrons. The molecule has 17 heavy (non-hydrogen) atoms. The Morgan fingerprint density at radius 1 is 1.53 bits per heavy atom. The number of amides is 1. The first-order valence-corrected chi connectivity index (χ1v) is 5.80. The van der Waals surface area contributed by atoms with Gasteiger partial charge in [0, 0.05) is 18.7 Å². The highest BCUT2D eigenvalue weighted by atomic mass is 16.3. The Morgan fingerprint density at radius 2 is 2.24 bits per heavy atom. The Balaban J connectivity index is 2.96. The highest BCUT2D eigenvalue weighted by Gasteiger charge is 2.15. The zero-order chi connectivity index (χ0) is 12.8. The van der Waals surface area contributed by atoms with Crippen molar-refractivity contribution in [3.05, 3.63) is 42.0 Å². The number of carbonyl (C=O) groups excluding carboxylic acids is 1. The molecule has 0 spiro atoms. The molecule has 0 aromatic heterocycles. The lowest BCUT2D eigenvalue weighted by atomic mass is 10.1. The second-order valence-corrected chi connectivity index (χ2v) is 4.04. The number of carbonyl (C=O) groups is 1. The molecule has 0 fully saturated rings. The maximum absolute atomic E-state index is 12.3. The Hall–Kier alpha value is -1.77. The monoisotopic (exact) mass is 233 g/mol. The van der Waals surface area contributed by atoms with Crippen LogP contribution in [-0.4, -0.2) is 29.0 Å². The molecule has 1 amide bonds. The summed E-state index contributed by atoms with van der Waals surface area (Å²) in [6.45, 7) is 8.78. The largest absolute Gasteiger partial charge is 0.508 e. The molecular weight excluding hydrogens is 214 g/mol. The summed E-state index contributed by atoms with van der Waals surface area (Å²) in [7, 11) is 0. The second-order valence-electron chi connectivity index (χ2n) is 4.04. The molecule has 0 bridgehead atoms. The van der Waals surface area contributed by atoms with Crippen LogP contribution in [-0.2, 0) is 0 Å². The van der Waals surface area contributed by atoms with Crippen molar-refractivity contribution in [1.82, 2.24) is 4.90 Å². The Kier molecular flexibility index (Phi) is 4.76. The van der Waals surface area contributed by atoms with Gasteiger partial charge in [-0.25, -0.2) is 0 Å². The van der Waals surface area contributed by atoms with Crippen molar-refractivity contribution in [2.24, 2.45) is 0 Å². The van der Waals surface area contributed by atoms with Crippen LogP contribution in [0, 0.1) is 6.92 Å². The van der Waals surface area contributed by atoms with E-state index in [1.165, 1.54) is 6.07 Å². The molecule has 3 heteroatoms. The molecule has 1 N–H and O–H groups in total. The lowest BCUT2D eigenvalue weighted by Crippen LogP contribution is -2.32. The molecule has 1 aromatic rings. The first kappa shape index (κ1) is 13.3. The van der Waals surface area contributed by atoms with Crippen LogP contribution >= 0.6 is 0 Å². The van der Waals surface area contributed by atoms with Gasteiger partial charge in [0.25, 0.3) is 5.91 Å². The highest BCUT2D eigenvalue weighted by Crippen LogP contribution is 2.17. The van der Waals surface area contributed by atoms with Gasteiger partial charge in [-0.3, -0.25) is 4.79 Å². The number of nitrogens with zero attached hydrogens (tertiary/aromatic N) is 1.